The van der Waals surface area contributed by atoms with Crippen LogP contribution in [0.4, 0.5) is 5.69 Å². The molecule has 3 nitrogen and oxygen atoms in total. The second-order valence-electron chi connectivity index (χ2n) is 4.93. The first-order valence-electron chi connectivity index (χ1n) is 6.09. The summed E-state index contributed by atoms with van der Waals surface area (Å²) in [6.45, 7) is 6.61. The van der Waals surface area contributed by atoms with Gasteiger partial charge < -0.3 is 4.90 Å². The summed E-state index contributed by atoms with van der Waals surface area (Å²) >= 11 is 0. The Morgan fingerprint density at radius 2 is 1.61 bits per heavy atom. The molecule has 1 aliphatic heterocycles. The zero-order chi connectivity index (χ0) is 12.4. The van der Waals surface area contributed by atoms with Crippen molar-refractivity contribution in [2.45, 2.75) is 25.9 Å². The van der Waals surface area contributed by atoms with Crippen molar-refractivity contribution in [3.05, 3.63) is 29.8 Å². The average Bonchev–Trinajstić information content (AvgIpc) is 2.35. The lowest BCUT2D eigenvalue weighted by molar-refractivity contribution is 0.170. The van der Waals surface area contributed by atoms with Crippen LogP contribution in [-0.2, 0) is 0 Å². The zero-order valence-electron chi connectivity index (χ0n) is 11.1. The van der Waals surface area contributed by atoms with E-state index in [1.807, 2.05) is 24.3 Å². The minimum absolute atomic E-state index is 0. The third-order valence-electron chi connectivity index (χ3n) is 3.72. The van der Waals surface area contributed by atoms with Crippen LogP contribution in [0, 0.1) is 11.3 Å². The number of rotatable bonds is 1. The van der Waals surface area contributed by atoms with Crippen molar-refractivity contribution < 1.29 is 0 Å². The maximum Gasteiger partial charge on any atom is 0.0991 e. The molecule has 1 aliphatic rings. The lowest BCUT2D eigenvalue weighted by Crippen LogP contribution is -2.55. The molecule has 0 spiro atoms. The molecule has 0 bridgehead atoms. The number of piperazine rings is 1. The third kappa shape index (κ3) is 2.95. The second-order valence-corrected chi connectivity index (χ2v) is 4.93. The van der Waals surface area contributed by atoms with Gasteiger partial charge in [-0.05, 0) is 45.2 Å². The van der Waals surface area contributed by atoms with Crippen LogP contribution in [0.15, 0.2) is 24.3 Å². The molecule has 0 radical (unpaired) electrons. The SMILES string of the molecule is C[C@@H]1CN(c2ccc(C#N)cc2)C[C@H](C)N1C.Cl. The van der Waals surface area contributed by atoms with Gasteiger partial charge in [-0.2, -0.15) is 5.26 Å². The summed E-state index contributed by atoms with van der Waals surface area (Å²) in [7, 11) is 2.19. The minimum Gasteiger partial charge on any atom is -0.368 e. The average molecular weight is 266 g/mol. The third-order valence-corrected chi connectivity index (χ3v) is 3.72. The first-order chi connectivity index (χ1) is 8.11. The van der Waals surface area contributed by atoms with Crippen LogP contribution in [0.3, 0.4) is 0 Å². The number of nitrogens with zero attached hydrogens (tertiary/aromatic N) is 3. The largest absolute Gasteiger partial charge is 0.368 e. The van der Waals surface area contributed by atoms with E-state index in [-0.39, 0.29) is 12.4 Å². The minimum atomic E-state index is 0. The van der Waals surface area contributed by atoms with Gasteiger partial charge in [0.1, 0.15) is 0 Å². The highest BCUT2D eigenvalue weighted by atomic mass is 35.5. The van der Waals surface area contributed by atoms with E-state index in [2.05, 4.69) is 36.8 Å². The topological polar surface area (TPSA) is 30.3 Å². The van der Waals surface area contributed by atoms with E-state index in [4.69, 9.17) is 5.26 Å². The van der Waals surface area contributed by atoms with Crippen molar-refractivity contribution in [1.29, 1.82) is 5.26 Å². The molecule has 0 aliphatic carbocycles. The number of hydrogen-bond acceptors (Lipinski definition) is 3. The molecule has 0 aromatic heterocycles. The van der Waals surface area contributed by atoms with Crippen LogP contribution in [0.5, 0.6) is 0 Å². The van der Waals surface area contributed by atoms with Gasteiger partial charge in [0.2, 0.25) is 0 Å². The molecule has 0 saturated carbocycles. The Morgan fingerprint density at radius 1 is 1.11 bits per heavy atom. The van der Waals surface area contributed by atoms with Crippen LogP contribution in [0.25, 0.3) is 0 Å². The maximum absolute atomic E-state index is 8.79. The standard InChI is InChI=1S/C14H19N3.ClH/c1-11-9-17(10-12(2)16(11)3)14-6-4-13(8-15)5-7-14;/h4-7,11-12H,9-10H2,1-3H3;1H/t11-,12+;. The van der Waals surface area contributed by atoms with E-state index in [0.717, 1.165) is 18.7 Å². The van der Waals surface area contributed by atoms with Crippen molar-refractivity contribution in [1.82, 2.24) is 4.90 Å². The molecular weight excluding hydrogens is 246 g/mol. The van der Waals surface area contributed by atoms with Gasteiger partial charge in [0.05, 0.1) is 11.6 Å². The molecule has 1 saturated heterocycles. The number of anilines is 1. The maximum atomic E-state index is 8.79. The molecule has 2 rings (SSSR count). The van der Waals surface area contributed by atoms with Gasteiger partial charge in [-0.15, -0.1) is 12.4 Å². The Balaban J connectivity index is 0.00000162. The number of benzene rings is 1. The van der Waals surface area contributed by atoms with E-state index >= 15 is 0 Å². The van der Waals surface area contributed by atoms with Crippen molar-refractivity contribution in [2.75, 3.05) is 25.0 Å². The first-order valence-corrected chi connectivity index (χ1v) is 6.09. The Morgan fingerprint density at radius 3 is 2.06 bits per heavy atom. The normalized spacial score (nSPS) is 24.2. The van der Waals surface area contributed by atoms with Crippen LogP contribution >= 0.6 is 12.4 Å². The summed E-state index contributed by atoms with van der Waals surface area (Å²) in [6, 6.07) is 11.2. The molecule has 1 fully saturated rings. The Bertz CT molecular complexity index is 412. The molecule has 0 N–H and O–H groups in total. The van der Waals surface area contributed by atoms with Crippen LogP contribution in [0.1, 0.15) is 19.4 Å². The number of halogens is 1. The lowest BCUT2D eigenvalue weighted by atomic mass is 10.1. The van der Waals surface area contributed by atoms with Gasteiger partial charge in [0.15, 0.2) is 0 Å². The van der Waals surface area contributed by atoms with Crippen molar-refractivity contribution in [3.63, 3.8) is 0 Å². The first kappa shape index (κ1) is 14.8. The van der Waals surface area contributed by atoms with E-state index in [1.54, 1.807) is 0 Å². The predicted molar refractivity (Wildman–Crippen MR) is 77.3 cm³/mol. The highest BCUT2D eigenvalue weighted by Gasteiger charge is 2.26. The van der Waals surface area contributed by atoms with E-state index < -0.39 is 0 Å². The van der Waals surface area contributed by atoms with Gasteiger partial charge in [-0.3, -0.25) is 4.90 Å². The van der Waals surface area contributed by atoms with Crippen molar-refractivity contribution in [3.8, 4) is 6.07 Å². The molecule has 1 aromatic carbocycles. The van der Waals surface area contributed by atoms with E-state index in [0.29, 0.717) is 12.1 Å². The van der Waals surface area contributed by atoms with Gasteiger partial charge in [-0.1, -0.05) is 0 Å². The molecule has 2 atom stereocenters. The fourth-order valence-corrected chi connectivity index (χ4v) is 2.36. The molecule has 0 unspecified atom stereocenters. The summed E-state index contributed by atoms with van der Waals surface area (Å²) in [4.78, 5) is 4.82. The lowest BCUT2D eigenvalue weighted by Gasteiger charge is -2.43. The number of nitriles is 1. The summed E-state index contributed by atoms with van der Waals surface area (Å²) in [5.74, 6) is 0. The molecule has 4 heteroatoms. The highest BCUT2D eigenvalue weighted by Crippen LogP contribution is 2.21. The Kier molecular flexibility index (Phi) is 5.01. The van der Waals surface area contributed by atoms with Crippen molar-refractivity contribution >= 4 is 18.1 Å². The monoisotopic (exact) mass is 265 g/mol. The summed E-state index contributed by atoms with van der Waals surface area (Å²) in [5, 5.41) is 8.79. The highest BCUT2D eigenvalue weighted by molar-refractivity contribution is 5.85. The molecule has 1 heterocycles. The number of hydrogen-bond donors (Lipinski definition) is 0. The van der Waals surface area contributed by atoms with Crippen LogP contribution in [-0.4, -0.2) is 37.1 Å². The zero-order valence-corrected chi connectivity index (χ0v) is 11.9. The Hall–Kier alpha value is -1.24. The second kappa shape index (κ2) is 6.08. The van der Waals surface area contributed by atoms with Gasteiger partial charge in [0, 0.05) is 30.9 Å². The fraction of sp³-hybridized carbons (Fsp3) is 0.500. The van der Waals surface area contributed by atoms with E-state index in [9.17, 15) is 0 Å². The molecule has 1 aromatic rings. The van der Waals surface area contributed by atoms with Crippen molar-refractivity contribution in [2.24, 2.45) is 0 Å². The molecule has 98 valence electrons. The van der Waals surface area contributed by atoms with Crippen LogP contribution < -0.4 is 4.90 Å². The van der Waals surface area contributed by atoms with E-state index in [1.165, 1.54) is 5.69 Å². The smallest absolute Gasteiger partial charge is 0.0991 e. The fourth-order valence-electron chi connectivity index (χ4n) is 2.36. The quantitative estimate of drug-likeness (QED) is 0.782. The molecule has 0 amide bonds. The summed E-state index contributed by atoms with van der Waals surface area (Å²) in [6.07, 6.45) is 0. The van der Waals surface area contributed by atoms with Gasteiger partial charge in [-0.25, -0.2) is 0 Å². The van der Waals surface area contributed by atoms with Gasteiger partial charge >= 0.3 is 0 Å². The molecular formula is C14H20ClN3. The summed E-state index contributed by atoms with van der Waals surface area (Å²) in [5.41, 5.74) is 1.94. The van der Waals surface area contributed by atoms with Crippen LogP contribution in [0.2, 0.25) is 0 Å². The summed E-state index contributed by atoms with van der Waals surface area (Å²) < 4.78 is 0. The Labute approximate surface area is 115 Å². The molecule has 18 heavy (non-hydrogen) atoms. The van der Waals surface area contributed by atoms with Gasteiger partial charge in [0.25, 0.3) is 0 Å². The number of likely N-dealkylation sites (N-methyl/N-ethyl adjacent to an activating group) is 1. The predicted octanol–water partition coefficient (Wildman–Crippen LogP) is 2.51.